The average Bonchev–Trinajstić information content (AvgIpc) is 2.69. The van der Waals surface area contributed by atoms with E-state index < -0.39 is 33.2 Å². The van der Waals surface area contributed by atoms with Gasteiger partial charge >= 0.3 is 5.97 Å². The van der Waals surface area contributed by atoms with Gasteiger partial charge in [-0.2, -0.15) is 0 Å². The molecule has 1 amide bonds. The smallest absolute Gasteiger partial charge is 0.308 e. The number of amides is 1. The third-order valence-electron chi connectivity index (χ3n) is 4.52. The van der Waals surface area contributed by atoms with Crippen molar-refractivity contribution in [3.63, 3.8) is 0 Å². The van der Waals surface area contributed by atoms with E-state index >= 15 is 0 Å². The summed E-state index contributed by atoms with van der Waals surface area (Å²) < 4.78 is 22.8. The molecule has 20 heavy (non-hydrogen) atoms. The van der Waals surface area contributed by atoms with Crippen molar-refractivity contribution in [2.24, 2.45) is 11.8 Å². The van der Waals surface area contributed by atoms with Gasteiger partial charge < -0.3 is 10.4 Å². The van der Waals surface area contributed by atoms with Gasteiger partial charge in [0, 0.05) is 0 Å². The molecule has 0 aromatic heterocycles. The van der Waals surface area contributed by atoms with Crippen molar-refractivity contribution in [3.05, 3.63) is 0 Å². The van der Waals surface area contributed by atoms with Crippen LogP contribution in [0, 0.1) is 11.8 Å². The van der Waals surface area contributed by atoms with Crippen molar-refractivity contribution in [2.75, 3.05) is 11.5 Å². The van der Waals surface area contributed by atoms with Gasteiger partial charge in [-0.3, -0.25) is 9.59 Å². The molecule has 3 atom stereocenters. The van der Waals surface area contributed by atoms with Crippen LogP contribution < -0.4 is 5.32 Å². The summed E-state index contributed by atoms with van der Waals surface area (Å²) in [5.74, 6) is -2.42. The van der Waals surface area contributed by atoms with Gasteiger partial charge in [0.25, 0.3) is 0 Å². The molecule has 0 radical (unpaired) electrons. The number of rotatable bonds is 3. The standard InChI is InChI=1S/C13H21NO5S/c1-13(6-3-2-4-10(13)12(16)17)14-11(15)9-5-7-20(18,19)8-9/h9-10H,2-8H2,1H3,(H,14,15)(H,16,17). The molecule has 7 heteroatoms. The molecule has 1 saturated heterocycles. The quantitative estimate of drug-likeness (QED) is 0.794. The van der Waals surface area contributed by atoms with Crippen LogP contribution in [0.2, 0.25) is 0 Å². The zero-order valence-corrected chi connectivity index (χ0v) is 12.4. The average molecular weight is 303 g/mol. The van der Waals surface area contributed by atoms with E-state index in [2.05, 4.69) is 5.32 Å². The van der Waals surface area contributed by atoms with Crippen molar-refractivity contribution in [3.8, 4) is 0 Å². The Labute approximate surface area is 118 Å². The number of aliphatic carboxylic acids is 1. The third kappa shape index (κ3) is 3.13. The van der Waals surface area contributed by atoms with Crippen molar-refractivity contribution < 1.29 is 23.1 Å². The fourth-order valence-electron chi connectivity index (χ4n) is 3.26. The van der Waals surface area contributed by atoms with E-state index in [-0.39, 0.29) is 17.4 Å². The van der Waals surface area contributed by atoms with Crippen LogP contribution in [0.4, 0.5) is 0 Å². The Hall–Kier alpha value is -1.11. The highest BCUT2D eigenvalue weighted by Crippen LogP contribution is 2.34. The number of sulfone groups is 1. The predicted molar refractivity (Wildman–Crippen MR) is 72.9 cm³/mol. The van der Waals surface area contributed by atoms with Gasteiger partial charge in [-0.05, 0) is 26.2 Å². The molecular weight excluding hydrogens is 282 g/mol. The predicted octanol–water partition coefficient (Wildman–Crippen LogP) is 0.571. The minimum absolute atomic E-state index is 0.0458. The van der Waals surface area contributed by atoms with E-state index in [9.17, 15) is 23.1 Å². The van der Waals surface area contributed by atoms with Crippen molar-refractivity contribution in [1.29, 1.82) is 0 Å². The maximum absolute atomic E-state index is 12.2. The summed E-state index contributed by atoms with van der Waals surface area (Å²) in [5.41, 5.74) is -0.770. The normalized spacial score (nSPS) is 36.5. The topological polar surface area (TPSA) is 101 Å². The molecule has 0 aromatic carbocycles. The zero-order chi connectivity index (χ0) is 15.0. The summed E-state index contributed by atoms with van der Waals surface area (Å²) in [6.07, 6.45) is 3.23. The molecular formula is C13H21NO5S. The fraction of sp³-hybridized carbons (Fsp3) is 0.846. The maximum Gasteiger partial charge on any atom is 0.308 e. The summed E-state index contributed by atoms with van der Waals surface area (Å²) >= 11 is 0. The van der Waals surface area contributed by atoms with Crippen molar-refractivity contribution in [2.45, 2.75) is 44.6 Å². The second kappa shape index (κ2) is 5.35. The lowest BCUT2D eigenvalue weighted by atomic mass is 9.73. The number of hydrogen-bond donors (Lipinski definition) is 2. The lowest BCUT2D eigenvalue weighted by Crippen LogP contribution is -2.56. The van der Waals surface area contributed by atoms with Crippen LogP contribution in [0.15, 0.2) is 0 Å². The highest BCUT2D eigenvalue weighted by molar-refractivity contribution is 7.91. The molecule has 2 N–H and O–H groups in total. The van der Waals surface area contributed by atoms with E-state index in [0.717, 1.165) is 12.8 Å². The Morgan fingerprint density at radius 2 is 1.95 bits per heavy atom. The largest absolute Gasteiger partial charge is 0.481 e. The van der Waals surface area contributed by atoms with Gasteiger partial charge in [0.15, 0.2) is 9.84 Å². The van der Waals surface area contributed by atoms with Crippen LogP contribution >= 0.6 is 0 Å². The Morgan fingerprint density at radius 3 is 2.50 bits per heavy atom. The van der Waals surface area contributed by atoms with E-state index in [1.54, 1.807) is 6.92 Å². The molecule has 6 nitrogen and oxygen atoms in total. The Kier molecular flexibility index (Phi) is 4.09. The van der Waals surface area contributed by atoms with Gasteiger partial charge in [0.2, 0.25) is 5.91 Å². The van der Waals surface area contributed by atoms with Gasteiger partial charge in [-0.25, -0.2) is 8.42 Å². The minimum atomic E-state index is -3.11. The van der Waals surface area contributed by atoms with Crippen LogP contribution in [0.5, 0.6) is 0 Å². The molecule has 2 rings (SSSR count). The number of carbonyl (C=O) groups excluding carboxylic acids is 1. The van der Waals surface area contributed by atoms with Crippen LogP contribution in [-0.4, -0.2) is 42.4 Å². The van der Waals surface area contributed by atoms with Crippen LogP contribution in [-0.2, 0) is 19.4 Å². The maximum atomic E-state index is 12.2. The lowest BCUT2D eigenvalue weighted by molar-refractivity contribution is -0.147. The number of carboxylic acids is 1. The number of carboxylic acid groups (broad SMARTS) is 1. The highest BCUT2D eigenvalue weighted by Gasteiger charge is 2.44. The second-order valence-corrected chi connectivity index (χ2v) is 8.37. The molecule has 0 aromatic rings. The van der Waals surface area contributed by atoms with Gasteiger partial charge in [0.05, 0.1) is 28.9 Å². The third-order valence-corrected chi connectivity index (χ3v) is 6.29. The first-order valence-electron chi connectivity index (χ1n) is 6.99. The Morgan fingerprint density at radius 1 is 1.25 bits per heavy atom. The molecule has 0 bridgehead atoms. The minimum Gasteiger partial charge on any atom is -0.481 e. The molecule has 1 aliphatic heterocycles. The second-order valence-electron chi connectivity index (χ2n) is 6.14. The van der Waals surface area contributed by atoms with E-state index in [1.165, 1.54) is 0 Å². The van der Waals surface area contributed by atoms with E-state index in [4.69, 9.17) is 0 Å². The van der Waals surface area contributed by atoms with Crippen molar-refractivity contribution in [1.82, 2.24) is 5.32 Å². The molecule has 114 valence electrons. The van der Waals surface area contributed by atoms with Crippen LogP contribution in [0.1, 0.15) is 39.0 Å². The molecule has 1 heterocycles. The molecule has 0 spiro atoms. The Balaban J connectivity index is 2.07. The SMILES string of the molecule is CC1(NC(=O)C2CCS(=O)(=O)C2)CCCCC1C(=O)O. The summed E-state index contributed by atoms with van der Waals surface area (Å²) in [4.78, 5) is 23.5. The lowest BCUT2D eigenvalue weighted by Gasteiger charge is -2.40. The van der Waals surface area contributed by atoms with Crippen LogP contribution in [0.3, 0.4) is 0 Å². The summed E-state index contributed by atoms with van der Waals surface area (Å²) in [6.45, 7) is 1.76. The molecule has 2 fully saturated rings. The number of hydrogen-bond acceptors (Lipinski definition) is 4. The first-order chi connectivity index (χ1) is 9.23. The first kappa shape index (κ1) is 15.3. The monoisotopic (exact) mass is 303 g/mol. The van der Waals surface area contributed by atoms with Gasteiger partial charge in [-0.1, -0.05) is 12.8 Å². The van der Waals surface area contributed by atoms with Gasteiger partial charge in [0.1, 0.15) is 0 Å². The van der Waals surface area contributed by atoms with E-state index in [1.807, 2.05) is 0 Å². The Bertz CT molecular complexity index is 515. The number of carbonyl (C=O) groups is 2. The number of nitrogens with one attached hydrogen (secondary N) is 1. The zero-order valence-electron chi connectivity index (χ0n) is 11.6. The molecule has 3 unspecified atom stereocenters. The molecule has 1 saturated carbocycles. The summed E-state index contributed by atoms with van der Waals surface area (Å²) in [7, 11) is -3.11. The van der Waals surface area contributed by atoms with Crippen molar-refractivity contribution >= 4 is 21.7 Å². The van der Waals surface area contributed by atoms with Gasteiger partial charge in [-0.15, -0.1) is 0 Å². The summed E-state index contributed by atoms with van der Waals surface area (Å²) in [6, 6.07) is 0. The summed E-state index contributed by atoms with van der Waals surface area (Å²) in [5, 5.41) is 12.1. The first-order valence-corrected chi connectivity index (χ1v) is 8.81. The molecule has 1 aliphatic carbocycles. The fourth-order valence-corrected chi connectivity index (χ4v) is 5.01. The molecule has 2 aliphatic rings. The van der Waals surface area contributed by atoms with E-state index in [0.29, 0.717) is 19.3 Å². The van der Waals surface area contributed by atoms with Crippen LogP contribution in [0.25, 0.3) is 0 Å². The highest BCUT2D eigenvalue weighted by atomic mass is 32.2.